The summed E-state index contributed by atoms with van der Waals surface area (Å²) >= 11 is 6.04. The number of aromatic hydroxyl groups is 1. The highest BCUT2D eigenvalue weighted by molar-refractivity contribution is 6.30. The molecule has 1 aromatic carbocycles. The molecule has 1 fully saturated rings. The van der Waals surface area contributed by atoms with Gasteiger partial charge in [-0.1, -0.05) is 11.6 Å². The van der Waals surface area contributed by atoms with Crippen molar-refractivity contribution in [1.82, 2.24) is 10.2 Å². The molecule has 108 valence electrons. The smallest absolute Gasteiger partial charge is 0.123 e. The van der Waals surface area contributed by atoms with E-state index in [1.165, 1.54) is 0 Å². The van der Waals surface area contributed by atoms with E-state index in [0.29, 0.717) is 10.6 Å². The van der Waals surface area contributed by atoms with Gasteiger partial charge in [-0.2, -0.15) is 0 Å². The number of piperazine rings is 1. The van der Waals surface area contributed by atoms with Gasteiger partial charge in [0.25, 0.3) is 0 Å². The van der Waals surface area contributed by atoms with Crippen molar-refractivity contribution >= 4 is 24.0 Å². The van der Waals surface area contributed by atoms with E-state index < -0.39 is 0 Å². The molecule has 1 heterocycles. The highest BCUT2D eigenvalue weighted by Gasteiger charge is 2.24. The third-order valence-corrected chi connectivity index (χ3v) is 3.64. The molecular weight excluding hydrogens is 287 g/mol. The maximum Gasteiger partial charge on any atom is 0.123 e. The van der Waals surface area contributed by atoms with E-state index in [-0.39, 0.29) is 30.8 Å². The molecule has 1 aliphatic rings. The van der Waals surface area contributed by atoms with Crippen LogP contribution in [-0.4, -0.2) is 47.9 Å². The number of nitrogens with zero attached hydrogens (tertiary/aromatic N) is 1. The summed E-state index contributed by atoms with van der Waals surface area (Å²) in [6.07, 6.45) is 0. The number of aryl methyl sites for hydroxylation is 1. The Morgan fingerprint density at radius 2 is 2.00 bits per heavy atom. The number of aliphatic hydroxyl groups excluding tert-OH is 1. The van der Waals surface area contributed by atoms with Gasteiger partial charge in [-0.3, -0.25) is 4.90 Å². The zero-order valence-electron chi connectivity index (χ0n) is 10.9. The van der Waals surface area contributed by atoms with Crippen LogP contribution in [0.5, 0.6) is 5.75 Å². The van der Waals surface area contributed by atoms with Gasteiger partial charge in [0.1, 0.15) is 5.75 Å². The Kier molecular flexibility index (Phi) is 6.36. The standard InChI is InChI=1S/C13H19ClN2O2.ClH/c1-9-6-10(14)7-11(13(9)18)12(8-17)16-4-2-15-3-5-16;/h6-7,12,15,17-18H,2-5,8H2,1H3;1H/t12-;/m1./s1. The van der Waals surface area contributed by atoms with E-state index in [0.717, 1.165) is 31.7 Å². The van der Waals surface area contributed by atoms with Crippen LogP contribution in [0.4, 0.5) is 0 Å². The molecule has 0 saturated carbocycles. The summed E-state index contributed by atoms with van der Waals surface area (Å²) in [5.74, 6) is 0.233. The fraction of sp³-hybridized carbons (Fsp3) is 0.538. The molecule has 6 heteroatoms. The molecule has 4 nitrogen and oxygen atoms in total. The number of halogens is 2. The molecule has 0 spiro atoms. The summed E-state index contributed by atoms with van der Waals surface area (Å²) in [4.78, 5) is 2.17. The van der Waals surface area contributed by atoms with Gasteiger partial charge in [-0.25, -0.2) is 0 Å². The van der Waals surface area contributed by atoms with Crippen LogP contribution in [-0.2, 0) is 0 Å². The minimum absolute atomic E-state index is 0. The lowest BCUT2D eigenvalue weighted by Crippen LogP contribution is -2.46. The third kappa shape index (κ3) is 3.74. The Balaban J connectivity index is 0.00000180. The number of nitrogens with one attached hydrogen (secondary N) is 1. The molecule has 1 saturated heterocycles. The summed E-state index contributed by atoms with van der Waals surface area (Å²) in [5.41, 5.74) is 1.45. The summed E-state index contributed by atoms with van der Waals surface area (Å²) in [7, 11) is 0. The summed E-state index contributed by atoms with van der Waals surface area (Å²) in [5, 5.41) is 23.6. The van der Waals surface area contributed by atoms with Crippen LogP contribution < -0.4 is 5.32 Å². The summed E-state index contributed by atoms with van der Waals surface area (Å²) < 4.78 is 0. The number of hydrogen-bond donors (Lipinski definition) is 3. The van der Waals surface area contributed by atoms with Gasteiger partial charge in [0, 0.05) is 36.8 Å². The number of aliphatic hydroxyl groups is 1. The monoisotopic (exact) mass is 306 g/mol. The van der Waals surface area contributed by atoms with Crippen molar-refractivity contribution in [2.75, 3.05) is 32.8 Å². The third-order valence-electron chi connectivity index (χ3n) is 3.42. The van der Waals surface area contributed by atoms with Gasteiger partial charge in [0.05, 0.1) is 12.6 Å². The minimum atomic E-state index is -0.190. The first-order chi connectivity index (χ1) is 8.63. The van der Waals surface area contributed by atoms with Crippen LogP contribution >= 0.6 is 24.0 Å². The van der Waals surface area contributed by atoms with Crippen molar-refractivity contribution in [3.05, 3.63) is 28.3 Å². The molecule has 0 aromatic heterocycles. The van der Waals surface area contributed by atoms with Gasteiger partial charge in [0.2, 0.25) is 0 Å². The second-order valence-electron chi connectivity index (χ2n) is 4.64. The normalized spacial score (nSPS) is 17.8. The van der Waals surface area contributed by atoms with E-state index >= 15 is 0 Å². The van der Waals surface area contributed by atoms with Crippen molar-refractivity contribution in [3.63, 3.8) is 0 Å². The highest BCUT2D eigenvalue weighted by atomic mass is 35.5. The van der Waals surface area contributed by atoms with Crippen LogP contribution in [0.2, 0.25) is 5.02 Å². The van der Waals surface area contributed by atoms with Gasteiger partial charge in [0.15, 0.2) is 0 Å². The zero-order valence-corrected chi connectivity index (χ0v) is 12.5. The molecular formula is C13H20Cl2N2O2. The average molecular weight is 307 g/mol. The van der Waals surface area contributed by atoms with Crippen LogP contribution in [0.1, 0.15) is 17.2 Å². The van der Waals surface area contributed by atoms with Gasteiger partial charge in [-0.05, 0) is 24.6 Å². The predicted octanol–water partition coefficient (Wildman–Crippen LogP) is 1.71. The molecule has 0 unspecified atom stereocenters. The van der Waals surface area contributed by atoms with Crippen molar-refractivity contribution in [2.24, 2.45) is 0 Å². The topological polar surface area (TPSA) is 55.7 Å². The van der Waals surface area contributed by atoms with Crippen molar-refractivity contribution in [2.45, 2.75) is 13.0 Å². The number of phenolic OH excluding ortho intramolecular Hbond substituents is 1. The molecule has 0 aliphatic carbocycles. The largest absolute Gasteiger partial charge is 0.507 e. The summed E-state index contributed by atoms with van der Waals surface area (Å²) in [6, 6.07) is 3.28. The molecule has 1 aromatic rings. The second-order valence-corrected chi connectivity index (χ2v) is 5.08. The van der Waals surface area contributed by atoms with E-state index in [9.17, 15) is 10.2 Å². The van der Waals surface area contributed by atoms with Crippen molar-refractivity contribution < 1.29 is 10.2 Å². The lowest BCUT2D eigenvalue weighted by Gasteiger charge is -2.34. The Morgan fingerprint density at radius 1 is 1.37 bits per heavy atom. The molecule has 19 heavy (non-hydrogen) atoms. The number of benzene rings is 1. The maximum absolute atomic E-state index is 10.1. The first-order valence-electron chi connectivity index (χ1n) is 6.18. The van der Waals surface area contributed by atoms with Crippen LogP contribution in [0.15, 0.2) is 12.1 Å². The van der Waals surface area contributed by atoms with Gasteiger partial charge >= 0.3 is 0 Å². The van der Waals surface area contributed by atoms with Crippen molar-refractivity contribution in [1.29, 1.82) is 0 Å². The van der Waals surface area contributed by atoms with E-state index in [1.807, 2.05) is 6.92 Å². The molecule has 3 N–H and O–H groups in total. The van der Waals surface area contributed by atoms with E-state index in [1.54, 1.807) is 12.1 Å². The van der Waals surface area contributed by atoms with Gasteiger partial charge < -0.3 is 15.5 Å². The average Bonchev–Trinajstić information content (AvgIpc) is 2.37. The number of rotatable bonds is 3. The Labute approximate surface area is 124 Å². The first kappa shape index (κ1) is 16.5. The molecule has 0 amide bonds. The van der Waals surface area contributed by atoms with Crippen molar-refractivity contribution in [3.8, 4) is 5.75 Å². The van der Waals surface area contributed by atoms with Crippen LogP contribution in [0.25, 0.3) is 0 Å². The zero-order chi connectivity index (χ0) is 13.1. The molecule has 1 atom stereocenters. The van der Waals surface area contributed by atoms with Gasteiger partial charge in [-0.15, -0.1) is 12.4 Å². The molecule has 1 aliphatic heterocycles. The van der Waals surface area contributed by atoms with Crippen LogP contribution in [0, 0.1) is 6.92 Å². The quantitative estimate of drug-likeness (QED) is 0.796. The Morgan fingerprint density at radius 3 is 2.58 bits per heavy atom. The van der Waals surface area contributed by atoms with E-state index in [2.05, 4.69) is 10.2 Å². The molecule has 0 radical (unpaired) electrons. The highest BCUT2D eigenvalue weighted by Crippen LogP contribution is 2.33. The number of phenols is 1. The maximum atomic E-state index is 10.1. The lowest BCUT2D eigenvalue weighted by molar-refractivity contribution is 0.109. The first-order valence-corrected chi connectivity index (χ1v) is 6.56. The molecule has 0 bridgehead atoms. The fourth-order valence-corrected chi connectivity index (χ4v) is 2.70. The SMILES string of the molecule is Cc1cc(Cl)cc([C@@H](CO)N2CCNCC2)c1O.Cl. The predicted molar refractivity (Wildman–Crippen MR) is 79.4 cm³/mol. The number of hydrogen-bond acceptors (Lipinski definition) is 4. The minimum Gasteiger partial charge on any atom is -0.507 e. The van der Waals surface area contributed by atoms with Crippen LogP contribution in [0.3, 0.4) is 0 Å². The molecule has 2 rings (SSSR count). The summed E-state index contributed by atoms with van der Waals surface area (Å²) in [6.45, 7) is 5.31. The van der Waals surface area contributed by atoms with E-state index in [4.69, 9.17) is 11.6 Å². The fourth-order valence-electron chi connectivity index (χ4n) is 2.42. The second kappa shape index (κ2) is 7.31. The lowest BCUT2D eigenvalue weighted by atomic mass is 10.0. The Hall–Kier alpha value is -0.520. The Bertz CT molecular complexity index is 423.